The monoisotopic (exact) mass is 255 g/mol. The Bertz CT molecular complexity index is 610. The Morgan fingerprint density at radius 1 is 1.22 bits per heavy atom. The van der Waals surface area contributed by atoms with E-state index in [0.717, 1.165) is 6.07 Å². The van der Waals surface area contributed by atoms with Crippen LogP contribution in [-0.2, 0) is 6.18 Å². The molecule has 1 aromatic heterocycles. The van der Waals surface area contributed by atoms with Crippen molar-refractivity contribution < 1.29 is 18.0 Å². The number of nitrogens with two attached hydrogens (primary N) is 1. The van der Waals surface area contributed by atoms with Crippen LogP contribution in [0, 0.1) is 0 Å². The van der Waals surface area contributed by atoms with E-state index in [1.165, 1.54) is 24.3 Å². The average molecular weight is 255 g/mol. The number of carbonyl (C=O) groups is 1. The van der Waals surface area contributed by atoms with Crippen LogP contribution in [-0.4, -0.2) is 10.9 Å². The van der Waals surface area contributed by atoms with Gasteiger partial charge in [-0.1, -0.05) is 12.1 Å². The fourth-order valence-electron chi connectivity index (χ4n) is 1.50. The molecular formula is C11H8F3N3O. The van der Waals surface area contributed by atoms with Crippen molar-refractivity contribution >= 4 is 16.8 Å². The molecule has 0 aliphatic carbocycles. The summed E-state index contributed by atoms with van der Waals surface area (Å²) in [6, 6.07) is 6.42. The van der Waals surface area contributed by atoms with Gasteiger partial charge in [0, 0.05) is 10.9 Å². The first-order valence-electron chi connectivity index (χ1n) is 4.91. The molecule has 1 amide bonds. The Morgan fingerprint density at radius 2 is 1.89 bits per heavy atom. The van der Waals surface area contributed by atoms with Gasteiger partial charge in [-0.25, -0.2) is 10.8 Å². The van der Waals surface area contributed by atoms with Crippen molar-refractivity contribution in [2.75, 3.05) is 0 Å². The molecule has 18 heavy (non-hydrogen) atoms. The molecule has 0 atom stereocenters. The molecular weight excluding hydrogens is 247 g/mol. The Balaban J connectivity index is 2.57. The first kappa shape index (κ1) is 12.3. The number of nitrogen functional groups attached to an aromatic ring is 1. The zero-order chi connectivity index (χ0) is 13.3. The van der Waals surface area contributed by atoms with Crippen molar-refractivity contribution in [1.82, 2.24) is 10.4 Å². The molecule has 0 bridgehead atoms. The maximum absolute atomic E-state index is 12.5. The molecule has 94 valence electrons. The van der Waals surface area contributed by atoms with Crippen molar-refractivity contribution in [2.24, 2.45) is 5.84 Å². The summed E-state index contributed by atoms with van der Waals surface area (Å²) in [4.78, 5) is 14.7. The van der Waals surface area contributed by atoms with Crippen LogP contribution < -0.4 is 11.3 Å². The molecule has 0 saturated carbocycles. The second-order valence-corrected chi connectivity index (χ2v) is 3.58. The second kappa shape index (κ2) is 4.26. The van der Waals surface area contributed by atoms with Crippen molar-refractivity contribution in [3.8, 4) is 0 Å². The number of halogens is 3. The number of nitrogens with one attached hydrogen (secondary N) is 1. The number of hydrogen-bond donors (Lipinski definition) is 2. The first-order valence-corrected chi connectivity index (χ1v) is 4.91. The van der Waals surface area contributed by atoms with E-state index in [1.807, 2.05) is 5.43 Å². The maximum atomic E-state index is 12.5. The van der Waals surface area contributed by atoms with Gasteiger partial charge in [0.05, 0.1) is 5.52 Å². The van der Waals surface area contributed by atoms with Crippen LogP contribution in [0.5, 0.6) is 0 Å². The number of fused-ring (bicyclic) bond motifs is 1. The number of rotatable bonds is 1. The molecule has 4 nitrogen and oxygen atoms in total. The highest BCUT2D eigenvalue weighted by atomic mass is 19.4. The van der Waals surface area contributed by atoms with Gasteiger partial charge in [0.2, 0.25) is 0 Å². The van der Waals surface area contributed by atoms with E-state index < -0.39 is 17.8 Å². The molecule has 0 spiro atoms. The van der Waals surface area contributed by atoms with Crippen LogP contribution in [0.15, 0.2) is 30.3 Å². The van der Waals surface area contributed by atoms with Crippen LogP contribution in [0.4, 0.5) is 13.2 Å². The molecule has 1 heterocycles. The number of hydrazine groups is 1. The van der Waals surface area contributed by atoms with E-state index in [-0.39, 0.29) is 11.1 Å². The minimum Gasteiger partial charge on any atom is -0.290 e. The van der Waals surface area contributed by atoms with Gasteiger partial charge in [-0.2, -0.15) is 13.2 Å². The summed E-state index contributed by atoms with van der Waals surface area (Å²) in [6.07, 6.45) is -4.51. The molecule has 3 N–H and O–H groups in total. The fourth-order valence-corrected chi connectivity index (χ4v) is 1.50. The summed E-state index contributed by atoms with van der Waals surface area (Å²) in [5.74, 6) is 4.36. The summed E-state index contributed by atoms with van der Waals surface area (Å²) < 4.78 is 37.4. The Hall–Kier alpha value is -2.15. The van der Waals surface area contributed by atoms with Gasteiger partial charge >= 0.3 is 6.18 Å². The Kier molecular flexibility index (Phi) is 2.92. The molecule has 0 aliphatic heterocycles. The first-order chi connectivity index (χ1) is 8.41. The number of hydrogen-bond acceptors (Lipinski definition) is 3. The predicted molar refractivity (Wildman–Crippen MR) is 58.4 cm³/mol. The predicted octanol–water partition coefficient (Wildman–Crippen LogP) is 1.86. The van der Waals surface area contributed by atoms with E-state index in [0.29, 0.717) is 5.39 Å². The van der Waals surface area contributed by atoms with Crippen LogP contribution in [0.1, 0.15) is 16.1 Å². The number of amides is 1. The fraction of sp³-hybridized carbons (Fsp3) is 0.0909. The number of benzene rings is 1. The third-order valence-corrected chi connectivity index (χ3v) is 2.38. The third kappa shape index (κ3) is 2.25. The summed E-state index contributed by atoms with van der Waals surface area (Å²) in [5.41, 5.74) is 1.14. The van der Waals surface area contributed by atoms with Crippen molar-refractivity contribution in [3.63, 3.8) is 0 Å². The van der Waals surface area contributed by atoms with Crippen LogP contribution in [0.25, 0.3) is 10.9 Å². The molecule has 2 aromatic rings. The molecule has 0 unspecified atom stereocenters. The summed E-state index contributed by atoms with van der Waals surface area (Å²) >= 11 is 0. The highest BCUT2D eigenvalue weighted by Gasteiger charge is 2.32. The third-order valence-electron chi connectivity index (χ3n) is 2.38. The quantitative estimate of drug-likeness (QED) is 0.464. The number of carbonyl (C=O) groups excluding carboxylic acids is 1. The Morgan fingerprint density at radius 3 is 2.50 bits per heavy atom. The lowest BCUT2D eigenvalue weighted by atomic mass is 10.1. The van der Waals surface area contributed by atoms with E-state index in [9.17, 15) is 18.0 Å². The van der Waals surface area contributed by atoms with E-state index in [2.05, 4.69) is 4.98 Å². The van der Waals surface area contributed by atoms with E-state index >= 15 is 0 Å². The zero-order valence-electron chi connectivity index (χ0n) is 8.95. The molecule has 0 saturated heterocycles. The van der Waals surface area contributed by atoms with Crippen LogP contribution in [0.2, 0.25) is 0 Å². The molecule has 0 radical (unpaired) electrons. The highest BCUT2D eigenvalue weighted by Crippen LogP contribution is 2.29. The average Bonchev–Trinajstić information content (AvgIpc) is 2.35. The zero-order valence-corrected chi connectivity index (χ0v) is 8.95. The SMILES string of the molecule is NNC(=O)c1ccc2ccc(C(F)(F)F)nc2c1. The standard InChI is InChI=1S/C11H8F3N3O/c12-11(13,14)9-4-3-6-1-2-7(10(18)17-15)5-8(6)16-9/h1-5H,15H2,(H,17,18). The lowest BCUT2D eigenvalue weighted by Crippen LogP contribution is -2.29. The number of nitrogens with zero attached hydrogens (tertiary/aromatic N) is 1. The van der Waals surface area contributed by atoms with Gasteiger partial charge in [-0.05, 0) is 18.2 Å². The lowest BCUT2D eigenvalue weighted by Gasteiger charge is -2.07. The largest absolute Gasteiger partial charge is 0.433 e. The molecule has 0 aliphatic rings. The molecule has 7 heteroatoms. The normalized spacial score (nSPS) is 11.6. The van der Waals surface area contributed by atoms with Crippen molar-refractivity contribution in [1.29, 1.82) is 0 Å². The van der Waals surface area contributed by atoms with Crippen LogP contribution in [0.3, 0.4) is 0 Å². The van der Waals surface area contributed by atoms with E-state index in [4.69, 9.17) is 5.84 Å². The topological polar surface area (TPSA) is 68.0 Å². The van der Waals surface area contributed by atoms with Crippen LogP contribution >= 0.6 is 0 Å². The van der Waals surface area contributed by atoms with Gasteiger partial charge in [-0.15, -0.1) is 0 Å². The number of pyridine rings is 1. The maximum Gasteiger partial charge on any atom is 0.433 e. The van der Waals surface area contributed by atoms with E-state index in [1.54, 1.807) is 0 Å². The van der Waals surface area contributed by atoms with Gasteiger partial charge in [0.25, 0.3) is 5.91 Å². The number of alkyl halides is 3. The summed E-state index contributed by atoms with van der Waals surface area (Å²) in [6.45, 7) is 0. The van der Waals surface area contributed by atoms with Gasteiger partial charge in [-0.3, -0.25) is 10.2 Å². The van der Waals surface area contributed by atoms with Crippen molar-refractivity contribution in [2.45, 2.75) is 6.18 Å². The minimum atomic E-state index is -4.51. The summed E-state index contributed by atoms with van der Waals surface area (Å²) in [5, 5.41) is 0.511. The van der Waals surface area contributed by atoms with Gasteiger partial charge in [0.1, 0.15) is 5.69 Å². The van der Waals surface area contributed by atoms with Gasteiger partial charge in [0.15, 0.2) is 0 Å². The highest BCUT2D eigenvalue weighted by molar-refractivity contribution is 5.97. The lowest BCUT2D eigenvalue weighted by molar-refractivity contribution is -0.140. The molecule has 0 fully saturated rings. The molecule has 2 rings (SSSR count). The molecule has 1 aromatic carbocycles. The van der Waals surface area contributed by atoms with Gasteiger partial charge < -0.3 is 0 Å². The summed E-state index contributed by atoms with van der Waals surface area (Å²) in [7, 11) is 0. The second-order valence-electron chi connectivity index (χ2n) is 3.58. The Labute approximate surface area is 99.6 Å². The minimum absolute atomic E-state index is 0.0888. The smallest absolute Gasteiger partial charge is 0.290 e. The van der Waals surface area contributed by atoms with Crippen molar-refractivity contribution in [3.05, 3.63) is 41.6 Å². The number of aromatic nitrogens is 1.